The molecule has 2 N–H and O–H groups in total. The van der Waals surface area contributed by atoms with Gasteiger partial charge in [-0.2, -0.15) is 5.10 Å². The van der Waals surface area contributed by atoms with Crippen LogP contribution in [0.2, 0.25) is 0 Å². The summed E-state index contributed by atoms with van der Waals surface area (Å²) < 4.78 is 1.58. The van der Waals surface area contributed by atoms with Crippen LogP contribution in [0.3, 0.4) is 0 Å². The topological polar surface area (TPSA) is 93.2 Å². The maximum atomic E-state index is 11.3. The van der Waals surface area contributed by atoms with Gasteiger partial charge in [-0.1, -0.05) is 0 Å². The van der Waals surface area contributed by atoms with E-state index < -0.39 is 16.1 Å². The van der Waals surface area contributed by atoms with E-state index in [0.717, 1.165) is 0 Å². The largest absolute Gasteiger partial charge is 0.388 e. The smallest absolute Gasteiger partial charge is 0.333 e. The Balaban J connectivity index is 3.39. The highest BCUT2D eigenvalue weighted by molar-refractivity contribution is 5.61. The molecule has 1 rings (SSSR count). The number of aliphatic hydroxyl groups is 1. The zero-order chi connectivity index (χ0) is 15.9. The van der Waals surface area contributed by atoms with E-state index in [1.165, 1.54) is 0 Å². The monoisotopic (exact) mass is 284 g/mol. The Hall–Kier alpha value is -1.63. The molecule has 0 radical (unpaired) electrons. The van der Waals surface area contributed by atoms with Crippen molar-refractivity contribution in [2.24, 2.45) is 0 Å². The number of rotatable bonds is 5. The third-order valence-corrected chi connectivity index (χ3v) is 3.69. The Morgan fingerprint density at radius 3 is 2.20 bits per heavy atom. The van der Waals surface area contributed by atoms with Gasteiger partial charge >= 0.3 is 5.69 Å². The highest BCUT2D eigenvalue weighted by Gasteiger charge is 2.39. The second-order valence-corrected chi connectivity index (χ2v) is 6.39. The maximum Gasteiger partial charge on any atom is 0.333 e. The molecule has 0 aliphatic heterocycles. The molecule has 0 spiro atoms. The van der Waals surface area contributed by atoms with Crippen LogP contribution in [-0.2, 0) is 0 Å². The third kappa shape index (κ3) is 2.92. The zero-order valence-corrected chi connectivity index (χ0v) is 13.2. The first kappa shape index (κ1) is 16.4. The number of anilines is 1. The molecule has 0 saturated carbocycles. The lowest BCUT2D eigenvalue weighted by Crippen LogP contribution is -2.51. The SMILES string of the molecule is Cc1nn(C(C)C)c(NC(C)(C)C(C)(C)O)c1[N+](=O)[O-]. The fourth-order valence-corrected chi connectivity index (χ4v) is 1.70. The normalized spacial score (nSPS) is 12.8. The summed E-state index contributed by atoms with van der Waals surface area (Å²) in [5, 5.41) is 28.8. The summed E-state index contributed by atoms with van der Waals surface area (Å²) in [6.07, 6.45) is 0. The molecule has 0 aliphatic carbocycles. The molecule has 7 nitrogen and oxygen atoms in total. The van der Waals surface area contributed by atoms with Gasteiger partial charge in [0.25, 0.3) is 0 Å². The van der Waals surface area contributed by atoms with E-state index in [4.69, 9.17) is 0 Å². The number of nitrogens with zero attached hydrogens (tertiary/aromatic N) is 3. The van der Waals surface area contributed by atoms with Gasteiger partial charge < -0.3 is 10.4 Å². The Bertz CT molecular complexity index is 512. The van der Waals surface area contributed by atoms with Gasteiger partial charge in [0.1, 0.15) is 5.69 Å². The lowest BCUT2D eigenvalue weighted by Gasteiger charge is -2.38. The van der Waals surface area contributed by atoms with E-state index in [-0.39, 0.29) is 11.7 Å². The standard InChI is InChI=1S/C13H24N4O3/c1-8(2)16-11(10(17(19)20)9(3)15-16)14-12(4,5)13(6,7)18/h8,14,18H,1-7H3. The second kappa shape index (κ2) is 5.05. The number of aromatic nitrogens is 2. The average Bonchev–Trinajstić information content (AvgIpc) is 2.52. The summed E-state index contributed by atoms with van der Waals surface area (Å²) in [4.78, 5) is 10.8. The van der Waals surface area contributed by atoms with Crippen molar-refractivity contribution < 1.29 is 10.0 Å². The summed E-state index contributed by atoms with van der Waals surface area (Å²) in [6.45, 7) is 12.3. The number of nitrogens with one attached hydrogen (secondary N) is 1. The molecule has 0 saturated heterocycles. The van der Waals surface area contributed by atoms with Crippen LogP contribution in [0.5, 0.6) is 0 Å². The van der Waals surface area contributed by atoms with Crippen molar-refractivity contribution in [1.82, 2.24) is 9.78 Å². The summed E-state index contributed by atoms with van der Waals surface area (Å²) in [6, 6.07) is -0.0255. The molecular formula is C13H24N4O3. The summed E-state index contributed by atoms with van der Waals surface area (Å²) >= 11 is 0. The maximum absolute atomic E-state index is 11.3. The van der Waals surface area contributed by atoms with Gasteiger partial charge in [-0.15, -0.1) is 0 Å². The molecule has 0 unspecified atom stereocenters. The molecule has 0 aliphatic rings. The molecule has 7 heteroatoms. The highest BCUT2D eigenvalue weighted by atomic mass is 16.6. The van der Waals surface area contributed by atoms with E-state index in [1.54, 1.807) is 39.3 Å². The number of aryl methyl sites for hydroxylation is 1. The minimum absolute atomic E-state index is 0.0255. The number of hydrogen-bond acceptors (Lipinski definition) is 5. The van der Waals surface area contributed by atoms with Crippen molar-refractivity contribution >= 4 is 11.5 Å². The van der Waals surface area contributed by atoms with Crippen molar-refractivity contribution in [3.05, 3.63) is 15.8 Å². The van der Waals surface area contributed by atoms with Crippen molar-refractivity contribution in [3.8, 4) is 0 Å². The predicted octanol–water partition coefficient (Wildman–Crippen LogP) is 2.64. The van der Waals surface area contributed by atoms with E-state index in [9.17, 15) is 15.2 Å². The fraction of sp³-hybridized carbons (Fsp3) is 0.769. The predicted molar refractivity (Wildman–Crippen MR) is 78.0 cm³/mol. The first-order chi connectivity index (χ1) is 8.88. The van der Waals surface area contributed by atoms with Crippen molar-refractivity contribution in [3.63, 3.8) is 0 Å². The molecule has 0 fully saturated rings. The van der Waals surface area contributed by atoms with Gasteiger partial charge in [-0.25, -0.2) is 4.68 Å². The van der Waals surface area contributed by atoms with Gasteiger partial charge in [0.05, 0.1) is 16.1 Å². The zero-order valence-electron chi connectivity index (χ0n) is 13.2. The van der Waals surface area contributed by atoms with Gasteiger partial charge in [0.2, 0.25) is 5.82 Å². The van der Waals surface area contributed by atoms with Crippen LogP contribution in [0, 0.1) is 17.0 Å². The molecule has 1 aromatic heterocycles. The molecule has 0 amide bonds. The average molecular weight is 284 g/mol. The van der Waals surface area contributed by atoms with E-state index in [2.05, 4.69) is 10.4 Å². The summed E-state index contributed by atoms with van der Waals surface area (Å²) in [5.41, 5.74) is -1.49. The molecule has 1 heterocycles. The second-order valence-electron chi connectivity index (χ2n) is 6.39. The van der Waals surface area contributed by atoms with Gasteiger partial charge in [0, 0.05) is 6.04 Å². The Morgan fingerprint density at radius 1 is 1.35 bits per heavy atom. The van der Waals surface area contributed by atoms with Gasteiger partial charge in [-0.3, -0.25) is 10.1 Å². The molecule has 0 atom stereocenters. The van der Waals surface area contributed by atoms with Crippen LogP contribution in [0.4, 0.5) is 11.5 Å². The van der Waals surface area contributed by atoms with Crippen LogP contribution < -0.4 is 5.32 Å². The summed E-state index contributed by atoms with van der Waals surface area (Å²) in [5.74, 6) is 0.328. The first-order valence-corrected chi connectivity index (χ1v) is 6.62. The van der Waals surface area contributed by atoms with E-state index in [0.29, 0.717) is 11.5 Å². The number of nitro groups is 1. The lowest BCUT2D eigenvalue weighted by molar-refractivity contribution is -0.384. The third-order valence-electron chi connectivity index (χ3n) is 3.69. The molecule has 0 bridgehead atoms. The Labute approximate surface area is 119 Å². The van der Waals surface area contributed by atoms with Crippen molar-refractivity contribution in [2.45, 2.75) is 65.6 Å². The highest BCUT2D eigenvalue weighted by Crippen LogP contribution is 2.35. The van der Waals surface area contributed by atoms with Crippen molar-refractivity contribution in [1.29, 1.82) is 0 Å². The molecule has 114 valence electrons. The van der Waals surface area contributed by atoms with Crippen LogP contribution in [0.25, 0.3) is 0 Å². The fourth-order valence-electron chi connectivity index (χ4n) is 1.70. The van der Waals surface area contributed by atoms with Crippen molar-refractivity contribution in [2.75, 3.05) is 5.32 Å². The van der Waals surface area contributed by atoms with Crippen LogP contribution in [0.1, 0.15) is 53.3 Å². The Morgan fingerprint density at radius 2 is 1.85 bits per heavy atom. The van der Waals surface area contributed by atoms with E-state index >= 15 is 0 Å². The Kier molecular flexibility index (Phi) is 4.14. The van der Waals surface area contributed by atoms with Gasteiger partial charge in [-0.05, 0) is 48.5 Å². The van der Waals surface area contributed by atoms with Crippen LogP contribution in [-0.4, -0.2) is 31.0 Å². The van der Waals surface area contributed by atoms with Crippen LogP contribution >= 0.6 is 0 Å². The molecule has 0 aromatic carbocycles. The van der Waals surface area contributed by atoms with Crippen LogP contribution in [0.15, 0.2) is 0 Å². The molecular weight excluding hydrogens is 260 g/mol. The molecule has 20 heavy (non-hydrogen) atoms. The number of hydrogen-bond donors (Lipinski definition) is 2. The minimum atomic E-state index is -1.05. The lowest BCUT2D eigenvalue weighted by atomic mass is 9.86. The minimum Gasteiger partial charge on any atom is -0.388 e. The van der Waals surface area contributed by atoms with E-state index in [1.807, 2.05) is 13.8 Å². The summed E-state index contributed by atoms with van der Waals surface area (Å²) in [7, 11) is 0. The molecule has 1 aromatic rings. The van der Waals surface area contributed by atoms with Gasteiger partial charge in [0.15, 0.2) is 0 Å². The first-order valence-electron chi connectivity index (χ1n) is 6.62. The quantitative estimate of drug-likeness (QED) is 0.640.